The molecule has 26 heavy (non-hydrogen) atoms. The predicted molar refractivity (Wildman–Crippen MR) is 106 cm³/mol. The third-order valence-corrected chi connectivity index (χ3v) is 4.35. The summed E-state index contributed by atoms with van der Waals surface area (Å²) >= 11 is 0. The van der Waals surface area contributed by atoms with E-state index < -0.39 is 5.91 Å². The number of hydrogen-bond acceptors (Lipinski definition) is 2. The molecule has 1 amide bonds. The number of pyridine rings is 1. The van der Waals surface area contributed by atoms with Crippen LogP contribution >= 0.6 is 0 Å². The number of nitrogens with zero attached hydrogens (tertiary/aromatic N) is 2. The zero-order chi connectivity index (χ0) is 18.8. The van der Waals surface area contributed by atoms with E-state index in [1.165, 1.54) is 0 Å². The van der Waals surface area contributed by atoms with Gasteiger partial charge in [-0.05, 0) is 30.0 Å². The lowest BCUT2D eigenvalue weighted by Gasteiger charge is -2.19. The summed E-state index contributed by atoms with van der Waals surface area (Å²) in [5.41, 5.74) is 15.9. The second-order valence-corrected chi connectivity index (χ2v) is 6.58. The van der Waals surface area contributed by atoms with Crippen molar-refractivity contribution in [2.45, 2.75) is 26.7 Å². The highest BCUT2D eigenvalue weighted by atomic mass is 16.1. The van der Waals surface area contributed by atoms with Gasteiger partial charge in [-0.3, -0.25) is 4.79 Å². The molecule has 5 heteroatoms. The first-order chi connectivity index (χ1) is 12.4. The van der Waals surface area contributed by atoms with E-state index >= 15 is 0 Å². The fourth-order valence-corrected chi connectivity index (χ4v) is 3.24. The van der Waals surface area contributed by atoms with Gasteiger partial charge in [-0.1, -0.05) is 56.3 Å². The summed E-state index contributed by atoms with van der Waals surface area (Å²) in [4.78, 5) is 21.6. The van der Waals surface area contributed by atoms with Gasteiger partial charge >= 0.3 is 0 Å². The van der Waals surface area contributed by atoms with Crippen LogP contribution in [0.4, 0.5) is 0 Å². The van der Waals surface area contributed by atoms with E-state index in [1.54, 1.807) is 0 Å². The smallest absolute Gasteiger partial charge is 0.281 e. The second kappa shape index (κ2) is 6.96. The predicted octanol–water partition coefficient (Wildman–Crippen LogP) is 3.75. The van der Waals surface area contributed by atoms with E-state index in [0.717, 1.165) is 33.3 Å². The Bertz CT molecular complexity index is 1020. The van der Waals surface area contributed by atoms with E-state index in [-0.39, 0.29) is 11.9 Å². The summed E-state index contributed by atoms with van der Waals surface area (Å²) in [6, 6.07) is 15.6. The van der Waals surface area contributed by atoms with Gasteiger partial charge in [0.2, 0.25) is 0 Å². The molecule has 1 heterocycles. The van der Waals surface area contributed by atoms with Crippen LogP contribution in [-0.4, -0.2) is 16.9 Å². The van der Waals surface area contributed by atoms with Crippen LogP contribution in [-0.2, 0) is 0 Å². The lowest BCUT2D eigenvalue weighted by molar-refractivity contribution is 0.100. The van der Waals surface area contributed by atoms with Crippen molar-refractivity contribution >= 4 is 22.8 Å². The number of aromatic nitrogens is 1. The van der Waals surface area contributed by atoms with Gasteiger partial charge in [0.05, 0.1) is 16.8 Å². The van der Waals surface area contributed by atoms with Crippen molar-refractivity contribution in [1.82, 2.24) is 4.98 Å². The first-order valence-corrected chi connectivity index (χ1v) is 8.52. The summed E-state index contributed by atoms with van der Waals surface area (Å²) < 4.78 is 0. The molecule has 0 aliphatic rings. The Hall–Kier alpha value is -3.21. The Morgan fingerprint density at radius 1 is 1.04 bits per heavy atom. The van der Waals surface area contributed by atoms with Crippen molar-refractivity contribution in [2.75, 3.05) is 0 Å². The lowest BCUT2D eigenvalue weighted by Crippen LogP contribution is -2.24. The Morgan fingerprint density at radius 3 is 2.35 bits per heavy atom. The highest BCUT2D eigenvalue weighted by Crippen LogP contribution is 2.36. The zero-order valence-electron chi connectivity index (χ0n) is 15.2. The standard InChI is InChI=1S/C21H22N4O/c1-12(2)17-18(20(26)25-21(22)23)15-10-6-7-11-16(15)24-19(17)14-9-5-4-8-13(14)3/h4-12H,1-3H3,(H4,22,23,25,26). The molecule has 0 unspecified atom stereocenters. The number of nitrogens with two attached hydrogens (primary N) is 2. The highest BCUT2D eigenvalue weighted by Gasteiger charge is 2.24. The maximum absolute atomic E-state index is 12.9. The average Bonchev–Trinajstić information content (AvgIpc) is 2.59. The Balaban J connectivity index is 2.47. The van der Waals surface area contributed by atoms with Crippen LogP contribution in [0, 0.1) is 6.92 Å². The number of rotatable bonds is 3. The number of carbonyl (C=O) groups is 1. The number of aliphatic imine (C=N–C) groups is 1. The molecule has 0 aliphatic heterocycles. The van der Waals surface area contributed by atoms with Gasteiger partial charge in [0.1, 0.15) is 0 Å². The Labute approximate surface area is 152 Å². The van der Waals surface area contributed by atoms with E-state index in [2.05, 4.69) is 4.99 Å². The van der Waals surface area contributed by atoms with Crippen LogP contribution in [0.2, 0.25) is 0 Å². The second-order valence-electron chi connectivity index (χ2n) is 6.58. The minimum absolute atomic E-state index is 0.0647. The van der Waals surface area contributed by atoms with Gasteiger partial charge in [0, 0.05) is 10.9 Å². The van der Waals surface area contributed by atoms with Crippen LogP contribution in [0.3, 0.4) is 0 Å². The quantitative estimate of drug-likeness (QED) is 0.558. The van der Waals surface area contributed by atoms with Gasteiger partial charge in [-0.25, -0.2) is 4.98 Å². The van der Waals surface area contributed by atoms with Gasteiger partial charge < -0.3 is 11.5 Å². The Kier molecular flexibility index (Phi) is 4.71. The number of benzene rings is 2. The number of guanidine groups is 1. The van der Waals surface area contributed by atoms with Crippen molar-refractivity contribution in [2.24, 2.45) is 16.5 Å². The van der Waals surface area contributed by atoms with Crippen molar-refractivity contribution in [3.63, 3.8) is 0 Å². The number of para-hydroxylation sites is 1. The zero-order valence-corrected chi connectivity index (χ0v) is 15.2. The minimum atomic E-state index is -0.442. The third kappa shape index (κ3) is 3.16. The van der Waals surface area contributed by atoms with Crippen molar-refractivity contribution in [3.05, 3.63) is 65.2 Å². The fourth-order valence-electron chi connectivity index (χ4n) is 3.24. The van der Waals surface area contributed by atoms with Crippen molar-refractivity contribution in [1.29, 1.82) is 0 Å². The van der Waals surface area contributed by atoms with Crippen LogP contribution in [0.25, 0.3) is 22.2 Å². The summed E-state index contributed by atoms with van der Waals surface area (Å²) in [7, 11) is 0. The highest BCUT2D eigenvalue weighted by molar-refractivity contribution is 6.12. The molecule has 5 nitrogen and oxygen atoms in total. The summed E-state index contributed by atoms with van der Waals surface area (Å²) in [6.45, 7) is 6.12. The molecule has 0 aliphatic carbocycles. The molecule has 0 bridgehead atoms. The lowest BCUT2D eigenvalue weighted by atomic mass is 9.88. The molecule has 3 rings (SSSR count). The maximum atomic E-state index is 12.9. The van der Waals surface area contributed by atoms with E-state index in [0.29, 0.717) is 5.56 Å². The van der Waals surface area contributed by atoms with Gasteiger partial charge in [-0.2, -0.15) is 4.99 Å². The molecular weight excluding hydrogens is 324 g/mol. The molecule has 1 aromatic heterocycles. The molecular formula is C21H22N4O. The fraction of sp³-hybridized carbons (Fsp3) is 0.190. The van der Waals surface area contributed by atoms with Crippen molar-refractivity contribution < 1.29 is 4.79 Å². The molecule has 0 fully saturated rings. The topological polar surface area (TPSA) is 94.4 Å². The van der Waals surface area contributed by atoms with Gasteiger partial charge in [0.15, 0.2) is 5.96 Å². The summed E-state index contributed by atoms with van der Waals surface area (Å²) in [5.74, 6) is -0.625. The molecule has 0 atom stereocenters. The largest absolute Gasteiger partial charge is 0.370 e. The first-order valence-electron chi connectivity index (χ1n) is 8.52. The molecule has 132 valence electrons. The molecule has 0 radical (unpaired) electrons. The number of fused-ring (bicyclic) bond motifs is 1. The summed E-state index contributed by atoms with van der Waals surface area (Å²) in [5, 5.41) is 0.753. The van der Waals surface area contributed by atoms with Gasteiger partial charge in [-0.15, -0.1) is 0 Å². The van der Waals surface area contributed by atoms with E-state index in [9.17, 15) is 4.79 Å². The monoisotopic (exact) mass is 346 g/mol. The number of amides is 1. The number of carbonyl (C=O) groups excluding carboxylic acids is 1. The van der Waals surface area contributed by atoms with Crippen LogP contribution in [0.5, 0.6) is 0 Å². The SMILES string of the molecule is Cc1ccccc1-c1nc2ccccc2c(C(=O)N=C(N)N)c1C(C)C. The number of aryl methyl sites for hydroxylation is 1. The van der Waals surface area contributed by atoms with Crippen LogP contribution in [0.1, 0.15) is 41.3 Å². The minimum Gasteiger partial charge on any atom is -0.370 e. The molecule has 0 saturated heterocycles. The molecule has 4 N–H and O–H groups in total. The van der Waals surface area contributed by atoms with Crippen molar-refractivity contribution in [3.8, 4) is 11.3 Å². The van der Waals surface area contributed by atoms with E-state index in [1.807, 2.05) is 69.3 Å². The normalized spacial score (nSPS) is 10.9. The molecule has 3 aromatic rings. The average molecular weight is 346 g/mol. The van der Waals surface area contributed by atoms with Crippen LogP contribution < -0.4 is 11.5 Å². The number of hydrogen-bond donors (Lipinski definition) is 2. The van der Waals surface area contributed by atoms with Crippen LogP contribution in [0.15, 0.2) is 53.5 Å². The molecule has 0 spiro atoms. The molecule has 2 aromatic carbocycles. The maximum Gasteiger partial charge on any atom is 0.281 e. The summed E-state index contributed by atoms with van der Waals surface area (Å²) in [6.07, 6.45) is 0. The van der Waals surface area contributed by atoms with Gasteiger partial charge in [0.25, 0.3) is 5.91 Å². The molecule has 0 saturated carbocycles. The first kappa shape index (κ1) is 17.6. The van der Waals surface area contributed by atoms with E-state index in [4.69, 9.17) is 16.5 Å². The third-order valence-electron chi connectivity index (χ3n) is 4.35. The Morgan fingerprint density at radius 2 is 1.69 bits per heavy atom.